The molecule has 1 aromatic carbocycles. The molecule has 1 aromatic heterocycles. The standard InChI is InChI=1S/C16H18N2O4/c1-16(15(20)21)8-9-18(10-16)14(19)7-6-13-17-11-4-2-3-5-12(11)22-13/h2-5H,6-10H2,1H3,(H,20,21). The summed E-state index contributed by atoms with van der Waals surface area (Å²) in [4.78, 5) is 29.4. The number of benzene rings is 1. The zero-order chi connectivity index (χ0) is 15.7. The number of carbonyl (C=O) groups excluding carboxylic acids is 1. The molecular formula is C16H18N2O4. The number of fused-ring (bicyclic) bond motifs is 1. The van der Waals surface area contributed by atoms with E-state index in [1.54, 1.807) is 11.8 Å². The van der Waals surface area contributed by atoms with Crippen molar-refractivity contribution in [2.45, 2.75) is 26.2 Å². The summed E-state index contributed by atoms with van der Waals surface area (Å²) in [6.45, 7) is 2.45. The molecule has 0 aliphatic carbocycles. The number of rotatable bonds is 4. The summed E-state index contributed by atoms with van der Waals surface area (Å²) in [6.07, 6.45) is 1.20. The molecule has 0 radical (unpaired) electrons. The molecule has 0 saturated carbocycles. The fourth-order valence-corrected chi connectivity index (χ4v) is 2.75. The number of amides is 1. The number of likely N-dealkylation sites (tertiary alicyclic amines) is 1. The summed E-state index contributed by atoms with van der Waals surface area (Å²) in [5.41, 5.74) is 0.668. The minimum absolute atomic E-state index is 0.0489. The van der Waals surface area contributed by atoms with Crippen molar-refractivity contribution in [1.29, 1.82) is 0 Å². The first kappa shape index (κ1) is 14.6. The Morgan fingerprint density at radius 1 is 1.41 bits per heavy atom. The van der Waals surface area contributed by atoms with Crippen molar-refractivity contribution in [3.63, 3.8) is 0 Å². The SMILES string of the molecule is CC1(C(=O)O)CCN(C(=O)CCc2nc3ccccc3o2)C1. The predicted octanol–water partition coefficient (Wildman–Crippen LogP) is 2.08. The molecule has 1 aliphatic heterocycles. The van der Waals surface area contributed by atoms with Crippen LogP contribution in [0.4, 0.5) is 0 Å². The van der Waals surface area contributed by atoms with Crippen LogP contribution >= 0.6 is 0 Å². The topological polar surface area (TPSA) is 83.6 Å². The smallest absolute Gasteiger partial charge is 0.311 e. The lowest BCUT2D eigenvalue weighted by molar-refractivity contribution is -0.147. The second-order valence-electron chi connectivity index (χ2n) is 6.01. The number of carboxylic acids is 1. The Balaban J connectivity index is 1.60. The summed E-state index contributed by atoms with van der Waals surface area (Å²) in [5.74, 6) is -0.358. The molecule has 1 unspecified atom stereocenters. The van der Waals surface area contributed by atoms with Gasteiger partial charge in [-0.3, -0.25) is 9.59 Å². The number of oxazole rings is 1. The summed E-state index contributed by atoms with van der Waals surface area (Å²) in [7, 11) is 0. The van der Waals surface area contributed by atoms with Gasteiger partial charge in [-0.1, -0.05) is 12.1 Å². The van der Waals surface area contributed by atoms with Crippen LogP contribution < -0.4 is 0 Å². The van der Waals surface area contributed by atoms with Crippen LogP contribution in [-0.4, -0.2) is 40.0 Å². The highest BCUT2D eigenvalue weighted by Crippen LogP contribution is 2.30. The Morgan fingerprint density at radius 2 is 2.18 bits per heavy atom. The highest BCUT2D eigenvalue weighted by Gasteiger charge is 2.41. The van der Waals surface area contributed by atoms with Gasteiger partial charge < -0.3 is 14.4 Å². The maximum Gasteiger partial charge on any atom is 0.311 e. The molecule has 0 spiro atoms. The second kappa shape index (κ2) is 5.44. The van der Waals surface area contributed by atoms with Crippen molar-refractivity contribution < 1.29 is 19.1 Å². The summed E-state index contributed by atoms with van der Waals surface area (Å²) < 4.78 is 5.58. The number of aryl methyl sites for hydroxylation is 1. The average molecular weight is 302 g/mol. The quantitative estimate of drug-likeness (QED) is 0.935. The molecule has 1 saturated heterocycles. The number of nitrogens with zero attached hydrogens (tertiary/aromatic N) is 2. The predicted molar refractivity (Wildman–Crippen MR) is 79.3 cm³/mol. The largest absolute Gasteiger partial charge is 0.481 e. The molecule has 1 atom stereocenters. The molecule has 1 amide bonds. The maximum atomic E-state index is 12.2. The normalized spacial score (nSPS) is 21.4. The van der Waals surface area contributed by atoms with Gasteiger partial charge in [-0.05, 0) is 25.5 Å². The Hall–Kier alpha value is -2.37. The van der Waals surface area contributed by atoms with Crippen molar-refractivity contribution >= 4 is 23.0 Å². The van der Waals surface area contributed by atoms with Gasteiger partial charge in [-0.25, -0.2) is 4.98 Å². The molecule has 0 bridgehead atoms. The minimum atomic E-state index is -0.846. The van der Waals surface area contributed by atoms with Gasteiger partial charge in [-0.2, -0.15) is 0 Å². The van der Waals surface area contributed by atoms with Crippen LogP contribution in [0.3, 0.4) is 0 Å². The van der Waals surface area contributed by atoms with Gasteiger partial charge in [-0.15, -0.1) is 0 Å². The zero-order valence-electron chi connectivity index (χ0n) is 12.4. The van der Waals surface area contributed by atoms with E-state index in [4.69, 9.17) is 4.42 Å². The van der Waals surface area contributed by atoms with E-state index in [0.717, 1.165) is 5.52 Å². The van der Waals surface area contributed by atoms with Crippen LogP contribution in [-0.2, 0) is 16.0 Å². The van der Waals surface area contributed by atoms with Crippen molar-refractivity contribution in [2.24, 2.45) is 5.41 Å². The van der Waals surface area contributed by atoms with Gasteiger partial charge >= 0.3 is 5.97 Å². The molecule has 6 nitrogen and oxygen atoms in total. The minimum Gasteiger partial charge on any atom is -0.481 e. The third kappa shape index (κ3) is 2.68. The Labute approximate surface area is 127 Å². The molecule has 2 aromatic rings. The van der Waals surface area contributed by atoms with E-state index in [2.05, 4.69) is 4.98 Å². The van der Waals surface area contributed by atoms with E-state index in [1.165, 1.54) is 0 Å². The van der Waals surface area contributed by atoms with Crippen molar-refractivity contribution in [3.8, 4) is 0 Å². The van der Waals surface area contributed by atoms with E-state index < -0.39 is 11.4 Å². The third-order valence-electron chi connectivity index (χ3n) is 4.23. The fraction of sp³-hybridized carbons (Fsp3) is 0.438. The molecule has 6 heteroatoms. The van der Waals surface area contributed by atoms with E-state index in [0.29, 0.717) is 30.9 Å². The molecule has 3 rings (SSSR count). The van der Waals surface area contributed by atoms with Crippen molar-refractivity contribution in [1.82, 2.24) is 9.88 Å². The third-order valence-corrected chi connectivity index (χ3v) is 4.23. The number of carboxylic acid groups (broad SMARTS) is 1. The number of hydrogen-bond donors (Lipinski definition) is 1. The molecule has 1 fully saturated rings. The van der Waals surface area contributed by atoms with Gasteiger partial charge in [0.2, 0.25) is 5.91 Å². The fourth-order valence-electron chi connectivity index (χ4n) is 2.75. The molecule has 22 heavy (non-hydrogen) atoms. The molecule has 2 heterocycles. The molecular weight excluding hydrogens is 284 g/mol. The van der Waals surface area contributed by atoms with Crippen molar-refractivity contribution in [2.75, 3.05) is 13.1 Å². The highest BCUT2D eigenvalue weighted by atomic mass is 16.4. The summed E-state index contributed by atoms with van der Waals surface area (Å²) >= 11 is 0. The van der Waals surface area contributed by atoms with Crippen LogP contribution in [0.15, 0.2) is 28.7 Å². The van der Waals surface area contributed by atoms with E-state index in [-0.39, 0.29) is 18.9 Å². The first-order valence-corrected chi connectivity index (χ1v) is 7.33. The molecule has 116 valence electrons. The number of aliphatic carboxylic acids is 1. The van der Waals surface area contributed by atoms with Gasteiger partial charge in [0.05, 0.1) is 5.41 Å². The molecule has 1 aliphatic rings. The lowest BCUT2D eigenvalue weighted by Gasteiger charge is -2.19. The van der Waals surface area contributed by atoms with E-state index in [1.807, 2.05) is 24.3 Å². The maximum absolute atomic E-state index is 12.2. The van der Waals surface area contributed by atoms with Gasteiger partial charge in [0, 0.05) is 25.9 Å². The zero-order valence-corrected chi connectivity index (χ0v) is 12.4. The van der Waals surface area contributed by atoms with Gasteiger partial charge in [0.1, 0.15) is 5.52 Å². The highest BCUT2D eigenvalue weighted by molar-refractivity contribution is 5.80. The average Bonchev–Trinajstić information content (AvgIpc) is 3.09. The lowest BCUT2D eigenvalue weighted by atomic mass is 9.90. The first-order chi connectivity index (χ1) is 10.5. The summed E-state index contributed by atoms with van der Waals surface area (Å²) in [5, 5.41) is 9.20. The Bertz CT molecular complexity index is 691. The monoisotopic (exact) mass is 302 g/mol. The number of aromatic nitrogens is 1. The number of carbonyl (C=O) groups is 2. The Kier molecular flexibility index (Phi) is 3.60. The van der Waals surface area contributed by atoms with Gasteiger partial charge in [0.25, 0.3) is 0 Å². The lowest BCUT2D eigenvalue weighted by Crippen LogP contribution is -2.34. The number of hydrogen-bond acceptors (Lipinski definition) is 4. The van der Waals surface area contributed by atoms with Gasteiger partial charge in [0.15, 0.2) is 11.5 Å². The Morgan fingerprint density at radius 3 is 2.86 bits per heavy atom. The first-order valence-electron chi connectivity index (χ1n) is 7.33. The van der Waals surface area contributed by atoms with E-state index >= 15 is 0 Å². The van der Waals surface area contributed by atoms with E-state index in [9.17, 15) is 14.7 Å². The van der Waals surface area contributed by atoms with Crippen LogP contribution in [0.2, 0.25) is 0 Å². The van der Waals surface area contributed by atoms with Crippen LogP contribution in [0.1, 0.15) is 25.7 Å². The molecule has 1 N–H and O–H groups in total. The second-order valence-corrected chi connectivity index (χ2v) is 6.01. The summed E-state index contributed by atoms with van der Waals surface area (Å²) in [6, 6.07) is 7.46. The van der Waals surface area contributed by atoms with Crippen LogP contribution in [0.25, 0.3) is 11.1 Å². The van der Waals surface area contributed by atoms with Crippen LogP contribution in [0.5, 0.6) is 0 Å². The van der Waals surface area contributed by atoms with Crippen molar-refractivity contribution in [3.05, 3.63) is 30.2 Å². The van der Waals surface area contributed by atoms with Crippen LogP contribution in [0, 0.1) is 5.41 Å². The number of para-hydroxylation sites is 2.